The van der Waals surface area contributed by atoms with Gasteiger partial charge in [-0.25, -0.2) is 0 Å². The van der Waals surface area contributed by atoms with E-state index in [4.69, 9.17) is 11.6 Å². The fraction of sp³-hybridized carbons (Fsp3) is 0.625. The molecule has 0 aliphatic heterocycles. The molecular weight excluding hydrogens is 242 g/mol. The van der Waals surface area contributed by atoms with Gasteiger partial charge in [-0.05, 0) is 37.4 Å². The van der Waals surface area contributed by atoms with Gasteiger partial charge < -0.3 is 5.32 Å². The maximum atomic E-state index is 6.24. The highest BCUT2D eigenvalue weighted by molar-refractivity contribution is 6.31. The van der Waals surface area contributed by atoms with Crippen LogP contribution in [0.3, 0.4) is 0 Å². The fourth-order valence-corrected chi connectivity index (χ4v) is 2.41. The standard InChI is InChI=1S/C16H26ClN/c1-3-5-6-10-15(18-12-4-2)13-14-9-7-8-11-16(14)17/h7-9,11,15,18H,3-6,10,12-13H2,1-2H3. The summed E-state index contributed by atoms with van der Waals surface area (Å²) in [6.45, 7) is 5.56. The van der Waals surface area contributed by atoms with Crippen LogP contribution in [0, 0.1) is 0 Å². The van der Waals surface area contributed by atoms with Crippen LogP contribution < -0.4 is 5.32 Å². The lowest BCUT2D eigenvalue weighted by Crippen LogP contribution is -2.31. The molecule has 0 saturated heterocycles. The highest BCUT2D eigenvalue weighted by atomic mass is 35.5. The topological polar surface area (TPSA) is 12.0 Å². The second-order valence-electron chi connectivity index (χ2n) is 4.94. The van der Waals surface area contributed by atoms with Crippen LogP contribution in [0.25, 0.3) is 0 Å². The van der Waals surface area contributed by atoms with E-state index >= 15 is 0 Å². The summed E-state index contributed by atoms with van der Waals surface area (Å²) in [7, 11) is 0. The summed E-state index contributed by atoms with van der Waals surface area (Å²) >= 11 is 6.24. The van der Waals surface area contributed by atoms with Gasteiger partial charge in [0.25, 0.3) is 0 Å². The predicted molar refractivity (Wildman–Crippen MR) is 81.4 cm³/mol. The summed E-state index contributed by atoms with van der Waals surface area (Å²) in [6.07, 6.45) is 7.40. The highest BCUT2D eigenvalue weighted by Gasteiger charge is 2.10. The Hall–Kier alpha value is -0.530. The molecule has 1 N–H and O–H groups in total. The largest absolute Gasteiger partial charge is 0.314 e. The number of hydrogen-bond acceptors (Lipinski definition) is 1. The molecule has 0 spiro atoms. The molecule has 1 aromatic rings. The van der Waals surface area contributed by atoms with Crippen LogP contribution in [0.1, 0.15) is 51.5 Å². The fourth-order valence-electron chi connectivity index (χ4n) is 2.19. The average Bonchev–Trinajstić information content (AvgIpc) is 2.38. The Morgan fingerprint density at radius 3 is 2.56 bits per heavy atom. The van der Waals surface area contributed by atoms with Crippen molar-refractivity contribution in [2.24, 2.45) is 0 Å². The van der Waals surface area contributed by atoms with Gasteiger partial charge in [-0.1, -0.05) is 62.9 Å². The molecule has 1 rings (SSSR count). The molecule has 2 heteroatoms. The average molecular weight is 268 g/mol. The number of unbranched alkanes of at least 4 members (excludes halogenated alkanes) is 2. The smallest absolute Gasteiger partial charge is 0.0438 e. The summed E-state index contributed by atoms with van der Waals surface area (Å²) in [4.78, 5) is 0. The van der Waals surface area contributed by atoms with Gasteiger partial charge in [0.15, 0.2) is 0 Å². The van der Waals surface area contributed by atoms with Crippen LogP contribution in [0.5, 0.6) is 0 Å². The molecule has 0 saturated carbocycles. The van der Waals surface area contributed by atoms with Crippen LogP contribution in [0.4, 0.5) is 0 Å². The molecule has 18 heavy (non-hydrogen) atoms. The Kier molecular flexibility index (Phi) is 8.11. The molecular formula is C16H26ClN. The van der Waals surface area contributed by atoms with Crippen molar-refractivity contribution in [1.82, 2.24) is 5.32 Å². The maximum absolute atomic E-state index is 6.24. The van der Waals surface area contributed by atoms with E-state index in [0.29, 0.717) is 6.04 Å². The van der Waals surface area contributed by atoms with Crippen molar-refractivity contribution >= 4 is 11.6 Å². The first kappa shape index (κ1) is 15.5. The number of benzene rings is 1. The van der Waals surface area contributed by atoms with Gasteiger partial charge in [0, 0.05) is 11.1 Å². The van der Waals surface area contributed by atoms with Crippen LogP contribution >= 0.6 is 11.6 Å². The minimum Gasteiger partial charge on any atom is -0.314 e. The van der Waals surface area contributed by atoms with E-state index in [1.54, 1.807) is 0 Å². The number of nitrogens with one attached hydrogen (secondary N) is 1. The van der Waals surface area contributed by atoms with Crippen LogP contribution in [0.15, 0.2) is 24.3 Å². The van der Waals surface area contributed by atoms with Crippen molar-refractivity contribution < 1.29 is 0 Å². The van der Waals surface area contributed by atoms with Gasteiger partial charge in [-0.3, -0.25) is 0 Å². The molecule has 1 atom stereocenters. The van der Waals surface area contributed by atoms with E-state index < -0.39 is 0 Å². The first-order valence-electron chi connectivity index (χ1n) is 7.24. The third-order valence-corrected chi connectivity index (χ3v) is 3.63. The van der Waals surface area contributed by atoms with Crippen LogP contribution in [0.2, 0.25) is 5.02 Å². The van der Waals surface area contributed by atoms with E-state index in [1.165, 1.54) is 37.7 Å². The highest BCUT2D eigenvalue weighted by Crippen LogP contribution is 2.18. The van der Waals surface area contributed by atoms with Crippen molar-refractivity contribution in [2.75, 3.05) is 6.54 Å². The van der Waals surface area contributed by atoms with Crippen molar-refractivity contribution in [3.8, 4) is 0 Å². The summed E-state index contributed by atoms with van der Waals surface area (Å²) in [6, 6.07) is 8.76. The van der Waals surface area contributed by atoms with Crippen molar-refractivity contribution in [3.05, 3.63) is 34.9 Å². The SMILES string of the molecule is CCCCCC(Cc1ccccc1Cl)NCCC. The van der Waals surface area contributed by atoms with Gasteiger partial charge in [-0.15, -0.1) is 0 Å². The van der Waals surface area contributed by atoms with Crippen LogP contribution in [-0.2, 0) is 6.42 Å². The zero-order valence-electron chi connectivity index (χ0n) is 11.7. The Morgan fingerprint density at radius 2 is 1.89 bits per heavy atom. The third kappa shape index (κ3) is 5.88. The first-order valence-corrected chi connectivity index (χ1v) is 7.62. The van der Waals surface area contributed by atoms with Crippen molar-refractivity contribution in [1.29, 1.82) is 0 Å². The van der Waals surface area contributed by atoms with Gasteiger partial charge in [0.1, 0.15) is 0 Å². The molecule has 0 radical (unpaired) electrons. The van der Waals surface area contributed by atoms with Crippen LogP contribution in [-0.4, -0.2) is 12.6 Å². The molecule has 0 fully saturated rings. The van der Waals surface area contributed by atoms with E-state index in [-0.39, 0.29) is 0 Å². The van der Waals surface area contributed by atoms with Crippen molar-refractivity contribution in [2.45, 2.75) is 58.4 Å². The summed E-state index contributed by atoms with van der Waals surface area (Å²) < 4.78 is 0. The third-order valence-electron chi connectivity index (χ3n) is 3.26. The van der Waals surface area contributed by atoms with E-state index in [2.05, 4.69) is 31.3 Å². The Bertz CT molecular complexity index is 325. The molecule has 1 aromatic carbocycles. The normalized spacial score (nSPS) is 12.6. The van der Waals surface area contributed by atoms with Gasteiger partial charge >= 0.3 is 0 Å². The van der Waals surface area contributed by atoms with E-state index in [1.807, 2.05) is 12.1 Å². The quantitative estimate of drug-likeness (QED) is 0.632. The minimum atomic E-state index is 0.566. The van der Waals surface area contributed by atoms with Crippen molar-refractivity contribution in [3.63, 3.8) is 0 Å². The first-order chi connectivity index (χ1) is 8.77. The maximum Gasteiger partial charge on any atom is 0.0438 e. The second kappa shape index (κ2) is 9.41. The molecule has 1 nitrogen and oxygen atoms in total. The zero-order chi connectivity index (χ0) is 13.2. The molecule has 0 heterocycles. The number of halogens is 1. The second-order valence-corrected chi connectivity index (χ2v) is 5.35. The monoisotopic (exact) mass is 267 g/mol. The van der Waals surface area contributed by atoms with E-state index in [0.717, 1.165) is 18.0 Å². The molecule has 1 unspecified atom stereocenters. The summed E-state index contributed by atoms with van der Waals surface area (Å²) in [5, 5.41) is 4.54. The summed E-state index contributed by atoms with van der Waals surface area (Å²) in [5.74, 6) is 0. The Balaban J connectivity index is 2.51. The Morgan fingerprint density at radius 1 is 1.11 bits per heavy atom. The number of hydrogen-bond donors (Lipinski definition) is 1. The lowest BCUT2D eigenvalue weighted by Gasteiger charge is -2.19. The molecule has 0 amide bonds. The zero-order valence-corrected chi connectivity index (χ0v) is 12.5. The molecule has 102 valence electrons. The Labute approximate surface area is 117 Å². The lowest BCUT2D eigenvalue weighted by molar-refractivity contribution is 0.456. The number of rotatable bonds is 9. The predicted octanol–water partition coefficient (Wildman–Crippen LogP) is 4.83. The molecule has 0 bridgehead atoms. The van der Waals surface area contributed by atoms with Gasteiger partial charge in [0.05, 0.1) is 0 Å². The van der Waals surface area contributed by atoms with Gasteiger partial charge in [-0.2, -0.15) is 0 Å². The molecule has 0 aromatic heterocycles. The molecule has 0 aliphatic rings. The lowest BCUT2D eigenvalue weighted by atomic mass is 10.00. The minimum absolute atomic E-state index is 0.566. The molecule has 0 aliphatic carbocycles. The van der Waals surface area contributed by atoms with Gasteiger partial charge in [0.2, 0.25) is 0 Å². The summed E-state index contributed by atoms with van der Waals surface area (Å²) in [5.41, 5.74) is 1.27. The van der Waals surface area contributed by atoms with E-state index in [9.17, 15) is 0 Å².